The van der Waals surface area contributed by atoms with Crippen LogP contribution < -0.4 is 14.2 Å². The summed E-state index contributed by atoms with van der Waals surface area (Å²) in [4.78, 5) is 16.7. The Morgan fingerprint density at radius 1 is 0.848 bits per heavy atom. The lowest BCUT2D eigenvalue weighted by molar-refractivity contribution is 0.104. The van der Waals surface area contributed by atoms with Gasteiger partial charge in [-0.25, -0.2) is 0 Å². The Morgan fingerprint density at radius 3 is 2.12 bits per heavy atom. The first-order valence-corrected chi connectivity index (χ1v) is 11.5. The van der Waals surface area contributed by atoms with Crippen LogP contribution in [0.2, 0.25) is 0 Å². The second-order valence-corrected chi connectivity index (χ2v) is 8.95. The molecule has 0 atom stereocenters. The standard InChI is InChI=1S/C27H27NO4S/c1-28(2)15-16-32-21-11-5-18(6-12-21)26(29)25-23-14-13-22(31-4)17-24(23)33-27(25)19-7-9-20(30-3)10-8-19/h5-14,17H,15-16H2,1-4H3. The van der Waals surface area contributed by atoms with Gasteiger partial charge < -0.3 is 19.1 Å². The largest absolute Gasteiger partial charge is 0.497 e. The van der Waals surface area contributed by atoms with Crippen molar-refractivity contribution < 1.29 is 19.0 Å². The van der Waals surface area contributed by atoms with Crippen molar-refractivity contribution in [2.24, 2.45) is 0 Å². The number of carbonyl (C=O) groups is 1. The van der Waals surface area contributed by atoms with Gasteiger partial charge in [-0.15, -0.1) is 11.3 Å². The molecule has 0 fully saturated rings. The summed E-state index contributed by atoms with van der Waals surface area (Å²) in [6.07, 6.45) is 0. The van der Waals surface area contributed by atoms with Crippen molar-refractivity contribution >= 4 is 27.2 Å². The van der Waals surface area contributed by atoms with E-state index in [0.29, 0.717) is 17.7 Å². The van der Waals surface area contributed by atoms with Crippen LogP contribution in [0, 0.1) is 0 Å². The average Bonchev–Trinajstić information content (AvgIpc) is 3.22. The molecule has 33 heavy (non-hydrogen) atoms. The Hall–Kier alpha value is -3.35. The lowest BCUT2D eigenvalue weighted by Crippen LogP contribution is -2.19. The summed E-state index contributed by atoms with van der Waals surface area (Å²) in [7, 11) is 7.30. The fraction of sp³-hybridized carbons (Fsp3) is 0.222. The number of benzene rings is 3. The van der Waals surface area contributed by atoms with E-state index in [9.17, 15) is 4.79 Å². The molecule has 0 unspecified atom stereocenters. The maximum atomic E-state index is 13.7. The third-order valence-corrected chi connectivity index (χ3v) is 6.60. The van der Waals surface area contributed by atoms with E-state index >= 15 is 0 Å². The Labute approximate surface area is 198 Å². The highest BCUT2D eigenvalue weighted by Gasteiger charge is 2.22. The van der Waals surface area contributed by atoms with Gasteiger partial charge in [-0.2, -0.15) is 0 Å². The lowest BCUT2D eigenvalue weighted by atomic mass is 9.97. The van der Waals surface area contributed by atoms with Crippen LogP contribution in [0.1, 0.15) is 15.9 Å². The van der Waals surface area contributed by atoms with Gasteiger partial charge >= 0.3 is 0 Å². The molecule has 0 amide bonds. The van der Waals surface area contributed by atoms with Crippen LogP contribution in [-0.4, -0.2) is 52.1 Å². The minimum atomic E-state index is -0.0166. The molecule has 170 valence electrons. The highest BCUT2D eigenvalue weighted by Crippen LogP contribution is 2.41. The number of rotatable bonds is 9. The first kappa shape index (κ1) is 22.8. The zero-order valence-electron chi connectivity index (χ0n) is 19.3. The minimum Gasteiger partial charge on any atom is -0.497 e. The normalized spacial score (nSPS) is 11.1. The Bertz CT molecular complexity index is 1240. The topological polar surface area (TPSA) is 48.0 Å². The zero-order chi connectivity index (χ0) is 23.4. The van der Waals surface area contributed by atoms with Gasteiger partial charge in [-0.1, -0.05) is 0 Å². The summed E-state index contributed by atoms with van der Waals surface area (Å²) in [5.74, 6) is 2.28. The van der Waals surface area contributed by atoms with E-state index in [2.05, 4.69) is 4.90 Å². The molecule has 0 aliphatic carbocycles. The van der Waals surface area contributed by atoms with Crippen molar-refractivity contribution in [3.8, 4) is 27.7 Å². The quantitative estimate of drug-likeness (QED) is 0.297. The number of carbonyl (C=O) groups excluding carboxylic acids is 1. The van der Waals surface area contributed by atoms with Gasteiger partial charge in [0.15, 0.2) is 5.78 Å². The summed E-state index contributed by atoms with van der Waals surface area (Å²) >= 11 is 1.59. The van der Waals surface area contributed by atoms with E-state index in [4.69, 9.17) is 14.2 Å². The van der Waals surface area contributed by atoms with Gasteiger partial charge in [0, 0.05) is 32.6 Å². The fourth-order valence-electron chi connectivity index (χ4n) is 3.57. The molecule has 0 N–H and O–H groups in total. The van der Waals surface area contributed by atoms with Gasteiger partial charge in [0.2, 0.25) is 0 Å². The molecule has 0 aliphatic heterocycles. The average molecular weight is 462 g/mol. The van der Waals surface area contributed by atoms with Crippen LogP contribution in [0.5, 0.6) is 17.2 Å². The van der Waals surface area contributed by atoms with Gasteiger partial charge in [0.25, 0.3) is 0 Å². The first-order valence-electron chi connectivity index (χ1n) is 10.7. The van der Waals surface area contributed by atoms with Gasteiger partial charge in [0.1, 0.15) is 23.9 Å². The number of ketones is 1. The Kier molecular flexibility index (Phi) is 6.96. The van der Waals surface area contributed by atoms with E-state index in [1.807, 2.05) is 80.8 Å². The molecule has 1 aromatic heterocycles. The van der Waals surface area contributed by atoms with Crippen molar-refractivity contribution in [3.05, 3.63) is 77.9 Å². The highest BCUT2D eigenvalue weighted by molar-refractivity contribution is 7.22. The van der Waals surface area contributed by atoms with Crippen molar-refractivity contribution in [2.75, 3.05) is 41.5 Å². The molecule has 0 saturated heterocycles. The molecular weight excluding hydrogens is 434 g/mol. The molecule has 5 nitrogen and oxygen atoms in total. The SMILES string of the molecule is COc1ccc(-c2sc3cc(OC)ccc3c2C(=O)c2ccc(OCCN(C)C)cc2)cc1. The van der Waals surface area contributed by atoms with E-state index in [0.717, 1.165) is 44.3 Å². The van der Waals surface area contributed by atoms with Crippen LogP contribution in [-0.2, 0) is 0 Å². The lowest BCUT2D eigenvalue weighted by Gasteiger charge is -2.11. The van der Waals surface area contributed by atoms with E-state index < -0.39 is 0 Å². The highest BCUT2D eigenvalue weighted by atomic mass is 32.1. The second kappa shape index (κ2) is 10.1. The maximum absolute atomic E-state index is 13.7. The van der Waals surface area contributed by atoms with Crippen molar-refractivity contribution in [3.63, 3.8) is 0 Å². The molecular formula is C27H27NO4S. The Morgan fingerprint density at radius 2 is 1.48 bits per heavy atom. The Balaban J connectivity index is 1.72. The van der Waals surface area contributed by atoms with Crippen LogP contribution in [0.4, 0.5) is 0 Å². The molecule has 4 rings (SSSR count). The molecule has 0 bridgehead atoms. The summed E-state index contributed by atoms with van der Waals surface area (Å²) < 4.78 is 17.5. The second-order valence-electron chi connectivity index (χ2n) is 7.90. The van der Waals surface area contributed by atoms with Crippen molar-refractivity contribution in [1.29, 1.82) is 0 Å². The van der Waals surface area contributed by atoms with Crippen LogP contribution >= 0.6 is 11.3 Å². The molecule has 4 aromatic rings. The molecule has 0 spiro atoms. The monoisotopic (exact) mass is 461 g/mol. The predicted octanol–water partition coefficient (Wildman–Crippen LogP) is 5.76. The zero-order valence-corrected chi connectivity index (χ0v) is 20.1. The maximum Gasteiger partial charge on any atom is 0.195 e. The molecule has 0 radical (unpaired) electrons. The number of hydrogen-bond donors (Lipinski definition) is 0. The number of thiophene rings is 1. The molecule has 1 heterocycles. The summed E-state index contributed by atoms with van der Waals surface area (Å²) in [6, 6.07) is 21.0. The van der Waals surface area contributed by atoms with Crippen LogP contribution in [0.3, 0.4) is 0 Å². The minimum absolute atomic E-state index is 0.0166. The number of methoxy groups -OCH3 is 2. The summed E-state index contributed by atoms with van der Waals surface area (Å²) in [5.41, 5.74) is 2.30. The number of fused-ring (bicyclic) bond motifs is 1. The van der Waals surface area contributed by atoms with Gasteiger partial charge in [-0.3, -0.25) is 4.79 Å². The van der Waals surface area contributed by atoms with Gasteiger partial charge in [-0.05, 0) is 86.4 Å². The summed E-state index contributed by atoms with van der Waals surface area (Å²) in [6.45, 7) is 1.43. The number of ether oxygens (including phenoxy) is 3. The predicted molar refractivity (Wildman–Crippen MR) is 134 cm³/mol. The number of nitrogens with zero attached hydrogens (tertiary/aromatic N) is 1. The molecule has 6 heteroatoms. The smallest absolute Gasteiger partial charge is 0.195 e. The molecule has 3 aromatic carbocycles. The van der Waals surface area contributed by atoms with Crippen molar-refractivity contribution in [2.45, 2.75) is 0 Å². The van der Waals surface area contributed by atoms with Crippen LogP contribution in [0.25, 0.3) is 20.5 Å². The van der Waals surface area contributed by atoms with Crippen molar-refractivity contribution in [1.82, 2.24) is 4.90 Å². The number of likely N-dealkylation sites (N-methyl/N-ethyl adjacent to an activating group) is 1. The molecule has 0 aliphatic rings. The summed E-state index contributed by atoms with van der Waals surface area (Å²) in [5, 5.41) is 0.919. The van der Waals surface area contributed by atoms with E-state index in [1.54, 1.807) is 25.6 Å². The van der Waals surface area contributed by atoms with Crippen LogP contribution in [0.15, 0.2) is 66.7 Å². The van der Waals surface area contributed by atoms with E-state index in [-0.39, 0.29) is 5.78 Å². The van der Waals surface area contributed by atoms with E-state index in [1.165, 1.54) is 0 Å². The molecule has 0 saturated carbocycles. The number of hydrogen-bond acceptors (Lipinski definition) is 6. The third-order valence-electron chi connectivity index (χ3n) is 5.40. The van der Waals surface area contributed by atoms with Gasteiger partial charge in [0.05, 0.1) is 14.2 Å². The first-order chi connectivity index (χ1) is 16.0. The third kappa shape index (κ3) is 5.02. The fourth-order valence-corrected chi connectivity index (χ4v) is 4.80.